The summed E-state index contributed by atoms with van der Waals surface area (Å²) in [6.45, 7) is 2.17. The van der Waals surface area contributed by atoms with Crippen LogP contribution in [0.25, 0.3) is 11.0 Å². The van der Waals surface area contributed by atoms with E-state index in [-0.39, 0.29) is 0 Å². The highest BCUT2D eigenvalue weighted by molar-refractivity contribution is 9.09. The van der Waals surface area contributed by atoms with Crippen LogP contribution in [0.3, 0.4) is 0 Å². The van der Waals surface area contributed by atoms with E-state index in [0.29, 0.717) is 0 Å². The Labute approximate surface area is 109 Å². The molecule has 4 heteroatoms. The highest BCUT2D eigenvalue weighted by atomic mass is 79.9. The molecule has 0 bridgehead atoms. The zero-order chi connectivity index (χ0) is 11.7. The molecule has 3 nitrogen and oxygen atoms in total. The Kier molecular flexibility index (Phi) is 2.97. The van der Waals surface area contributed by atoms with Crippen molar-refractivity contribution >= 4 is 32.8 Å². The third kappa shape index (κ3) is 2.14. The lowest BCUT2D eigenvalue weighted by Gasteiger charge is -2.16. The molecule has 0 N–H and O–H groups in total. The minimum Gasteiger partial charge on any atom is -0.355 e. The molecule has 0 amide bonds. The van der Waals surface area contributed by atoms with Gasteiger partial charge in [-0.05, 0) is 24.5 Å². The van der Waals surface area contributed by atoms with Crippen molar-refractivity contribution in [1.29, 1.82) is 0 Å². The minimum atomic E-state index is 0.739. The first-order chi connectivity index (χ1) is 8.36. The van der Waals surface area contributed by atoms with Crippen molar-refractivity contribution < 1.29 is 0 Å². The maximum Gasteiger partial charge on any atom is 0.147 e. The maximum absolute atomic E-state index is 4.67. The number of anilines is 1. The highest BCUT2D eigenvalue weighted by Crippen LogP contribution is 2.24. The number of fused-ring (bicyclic) bond motifs is 1. The molecule has 1 aromatic heterocycles. The zero-order valence-corrected chi connectivity index (χ0v) is 11.1. The lowest BCUT2D eigenvalue weighted by Crippen LogP contribution is -2.21. The molecular weight excluding hydrogens is 278 g/mol. The standard InChI is InChI=1S/C13H14BrN3/c14-7-10-5-6-17(9-10)13-8-15-11-3-1-2-4-12(11)16-13/h1-4,8,10H,5-7,9H2. The second-order valence-corrected chi connectivity index (χ2v) is 5.12. The van der Waals surface area contributed by atoms with E-state index in [0.717, 1.165) is 41.2 Å². The van der Waals surface area contributed by atoms with Crippen molar-refractivity contribution in [2.45, 2.75) is 6.42 Å². The molecular formula is C13H14BrN3. The predicted octanol–water partition coefficient (Wildman–Crippen LogP) is 2.85. The maximum atomic E-state index is 4.67. The molecule has 1 aliphatic rings. The Hall–Kier alpha value is -1.16. The van der Waals surface area contributed by atoms with Gasteiger partial charge in [-0.1, -0.05) is 28.1 Å². The molecule has 88 valence electrons. The largest absolute Gasteiger partial charge is 0.355 e. The first kappa shape index (κ1) is 11.0. The molecule has 2 aromatic rings. The van der Waals surface area contributed by atoms with Crippen molar-refractivity contribution in [2.75, 3.05) is 23.3 Å². The number of alkyl halides is 1. The zero-order valence-electron chi connectivity index (χ0n) is 9.51. The van der Waals surface area contributed by atoms with Crippen molar-refractivity contribution in [3.63, 3.8) is 0 Å². The smallest absolute Gasteiger partial charge is 0.147 e. The number of hydrogen-bond donors (Lipinski definition) is 0. The van der Waals surface area contributed by atoms with Gasteiger partial charge in [-0.3, -0.25) is 4.98 Å². The van der Waals surface area contributed by atoms with Crippen LogP contribution in [0, 0.1) is 5.92 Å². The van der Waals surface area contributed by atoms with Crippen LogP contribution in [-0.2, 0) is 0 Å². The van der Waals surface area contributed by atoms with Gasteiger partial charge in [0, 0.05) is 18.4 Å². The summed E-state index contributed by atoms with van der Waals surface area (Å²) in [5, 5.41) is 1.07. The SMILES string of the molecule is BrCC1CCN(c2cnc3ccccc3n2)C1. The van der Waals surface area contributed by atoms with Gasteiger partial charge >= 0.3 is 0 Å². The Morgan fingerprint density at radius 1 is 1.29 bits per heavy atom. The van der Waals surface area contributed by atoms with E-state index < -0.39 is 0 Å². The molecule has 17 heavy (non-hydrogen) atoms. The molecule has 1 unspecified atom stereocenters. The van der Waals surface area contributed by atoms with Gasteiger partial charge in [0.05, 0.1) is 17.2 Å². The molecule has 3 rings (SSSR count). The molecule has 0 radical (unpaired) electrons. The average Bonchev–Trinajstić information content (AvgIpc) is 2.87. The van der Waals surface area contributed by atoms with E-state index >= 15 is 0 Å². The third-order valence-electron chi connectivity index (χ3n) is 3.26. The van der Waals surface area contributed by atoms with Gasteiger partial charge in [0.25, 0.3) is 0 Å². The summed E-state index contributed by atoms with van der Waals surface area (Å²) >= 11 is 3.55. The van der Waals surface area contributed by atoms with Crippen LogP contribution < -0.4 is 4.90 Å². The van der Waals surface area contributed by atoms with Crippen LogP contribution in [0.2, 0.25) is 0 Å². The van der Waals surface area contributed by atoms with Crippen molar-refractivity contribution in [2.24, 2.45) is 5.92 Å². The molecule has 0 spiro atoms. The summed E-state index contributed by atoms with van der Waals surface area (Å²) in [4.78, 5) is 11.5. The number of halogens is 1. The Bertz CT molecular complexity index is 529. The van der Waals surface area contributed by atoms with E-state index in [4.69, 9.17) is 0 Å². The van der Waals surface area contributed by atoms with Gasteiger partial charge in [-0.25, -0.2) is 4.98 Å². The number of aromatic nitrogens is 2. The second-order valence-electron chi connectivity index (χ2n) is 4.47. The fourth-order valence-corrected chi connectivity index (χ4v) is 2.79. The van der Waals surface area contributed by atoms with Gasteiger partial charge < -0.3 is 4.90 Å². The van der Waals surface area contributed by atoms with Crippen LogP contribution in [-0.4, -0.2) is 28.4 Å². The molecule has 1 aliphatic heterocycles. The van der Waals surface area contributed by atoms with Gasteiger partial charge in [-0.2, -0.15) is 0 Å². The summed E-state index contributed by atoms with van der Waals surface area (Å²) in [6.07, 6.45) is 3.12. The molecule has 0 saturated carbocycles. The van der Waals surface area contributed by atoms with Gasteiger partial charge in [0.1, 0.15) is 5.82 Å². The Balaban J connectivity index is 1.91. The number of benzene rings is 1. The summed E-state index contributed by atoms with van der Waals surface area (Å²) < 4.78 is 0. The van der Waals surface area contributed by atoms with Crippen LogP contribution in [0.5, 0.6) is 0 Å². The van der Waals surface area contributed by atoms with Gasteiger partial charge in [-0.15, -0.1) is 0 Å². The van der Waals surface area contributed by atoms with Crippen LogP contribution in [0.1, 0.15) is 6.42 Å². The molecule has 2 heterocycles. The fourth-order valence-electron chi connectivity index (χ4n) is 2.27. The fraction of sp³-hybridized carbons (Fsp3) is 0.385. The summed E-state index contributed by atoms with van der Waals surface area (Å²) in [5.74, 6) is 1.75. The summed E-state index contributed by atoms with van der Waals surface area (Å²) in [7, 11) is 0. The van der Waals surface area contributed by atoms with Crippen molar-refractivity contribution in [3.8, 4) is 0 Å². The van der Waals surface area contributed by atoms with E-state index in [1.807, 2.05) is 30.5 Å². The predicted molar refractivity (Wildman–Crippen MR) is 73.7 cm³/mol. The lowest BCUT2D eigenvalue weighted by molar-refractivity contribution is 0.675. The number of hydrogen-bond acceptors (Lipinski definition) is 3. The van der Waals surface area contributed by atoms with Gasteiger partial charge in [0.2, 0.25) is 0 Å². The van der Waals surface area contributed by atoms with E-state index in [1.165, 1.54) is 6.42 Å². The summed E-state index contributed by atoms with van der Waals surface area (Å²) in [6, 6.07) is 8.01. The highest BCUT2D eigenvalue weighted by Gasteiger charge is 2.22. The monoisotopic (exact) mass is 291 g/mol. The first-order valence-electron chi connectivity index (χ1n) is 5.89. The lowest BCUT2D eigenvalue weighted by atomic mass is 10.2. The average molecular weight is 292 g/mol. The Morgan fingerprint density at radius 3 is 2.88 bits per heavy atom. The van der Waals surface area contributed by atoms with Crippen molar-refractivity contribution in [1.82, 2.24) is 9.97 Å². The Morgan fingerprint density at radius 2 is 2.12 bits per heavy atom. The third-order valence-corrected chi connectivity index (χ3v) is 4.18. The number of rotatable bonds is 2. The molecule has 1 atom stereocenters. The van der Waals surface area contributed by atoms with E-state index in [2.05, 4.69) is 30.8 Å². The number of nitrogens with zero attached hydrogens (tertiary/aromatic N) is 3. The van der Waals surface area contributed by atoms with Gasteiger partial charge in [0.15, 0.2) is 0 Å². The van der Waals surface area contributed by atoms with E-state index in [1.54, 1.807) is 0 Å². The second kappa shape index (κ2) is 4.61. The molecule has 0 aliphatic carbocycles. The van der Waals surface area contributed by atoms with Crippen molar-refractivity contribution in [3.05, 3.63) is 30.5 Å². The quantitative estimate of drug-likeness (QED) is 0.797. The topological polar surface area (TPSA) is 29.0 Å². The van der Waals surface area contributed by atoms with Crippen LogP contribution >= 0.6 is 15.9 Å². The van der Waals surface area contributed by atoms with E-state index in [9.17, 15) is 0 Å². The molecule has 1 aromatic carbocycles. The van der Waals surface area contributed by atoms with Crippen LogP contribution in [0.15, 0.2) is 30.5 Å². The summed E-state index contributed by atoms with van der Waals surface area (Å²) in [5.41, 5.74) is 1.94. The normalized spacial score (nSPS) is 20.1. The molecule has 1 fully saturated rings. The number of para-hydroxylation sites is 2. The molecule has 1 saturated heterocycles. The first-order valence-corrected chi connectivity index (χ1v) is 7.01. The minimum absolute atomic E-state index is 0.739. The van der Waals surface area contributed by atoms with Crippen LogP contribution in [0.4, 0.5) is 5.82 Å².